The lowest BCUT2D eigenvalue weighted by Gasteiger charge is -2.15. The molecule has 2 aromatic rings. The fraction of sp³-hybridized carbons (Fsp3) is 0.462. The largest absolute Gasteiger partial charge is 0.467 e. The third-order valence-electron chi connectivity index (χ3n) is 2.89. The Hall–Kier alpha value is -1.96. The van der Waals surface area contributed by atoms with Gasteiger partial charge in [-0.25, -0.2) is 9.89 Å². The summed E-state index contributed by atoms with van der Waals surface area (Å²) >= 11 is 1.26. The van der Waals surface area contributed by atoms with E-state index in [9.17, 15) is 9.59 Å². The molecular formula is C13H18N4O3S. The van der Waals surface area contributed by atoms with Crippen molar-refractivity contribution in [3.63, 3.8) is 0 Å². The van der Waals surface area contributed by atoms with E-state index < -0.39 is 0 Å². The van der Waals surface area contributed by atoms with Crippen LogP contribution < -0.4 is 5.69 Å². The van der Waals surface area contributed by atoms with Gasteiger partial charge in [0.1, 0.15) is 5.76 Å². The maximum Gasteiger partial charge on any atom is 0.343 e. The van der Waals surface area contributed by atoms with Gasteiger partial charge in [-0.1, -0.05) is 18.7 Å². The number of hydrogen-bond acceptors (Lipinski definition) is 5. The first-order chi connectivity index (χ1) is 10.1. The molecule has 2 aromatic heterocycles. The van der Waals surface area contributed by atoms with Gasteiger partial charge in [0.2, 0.25) is 5.91 Å². The van der Waals surface area contributed by atoms with Gasteiger partial charge in [0.25, 0.3) is 0 Å². The Morgan fingerprint density at radius 3 is 3.05 bits per heavy atom. The summed E-state index contributed by atoms with van der Waals surface area (Å²) in [7, 11) is 1.72. The molecule has 2 rings (SSSR count). The Balaban J connectivity index is 1.90. The Morgan fingerprint density at radius 2 is 2.38 bits per heavy atom. The maximum atomic E-state index is 12.1. The number of amides is 1. The number of aromatic nitrogens is 3. The molecule has 0 radical (unpaired) electrons. The number of thioether (sulfide) groups is 1. The predicted octanol–water partition coefficient (Wildman–Crippen LogP) is 1.33. The average molecular weight is 310 g/mol. The van der Waals surface area contributed by atoms with Crippen molar-refractivity contribution in [3.8, 4) is 0 Å². The number of carbonyl (C=O) groups excluding carboxylic acids is 1. The van der Waals surface area contributed by atoms with Gasteiger partial charge in [-0.05, 0) is 18.6 Å². The number of nitrogens with zero attached hydrogens (tertiary/aromatic N) is 3. The molecule has 2 heterocycles. The van der Waals surface area contributed by atoms with Gasteiger partial charge in [0.05, 0.1) is 18.6 Å². The van der Waals surface area contributed by atoms with Gasteiger partial charge in [0.15, 0.2) is 5.16 Å². The van der Waals surface area contributed by atoms with Crippen LogP contribution in [-0.4, -0.2) is 38.4 Å². The molecule has 1 amide bonds. The van der Waals surface area contributed by atoms with Crippen molar-refractivity contribution in [3.05, 3.63) is 34.6 Å². The van der Waals surface area contributed by atoms with Crippen LogP contribution in [0.3, 0.4) is 0 Å². The van der Waals surface area contributed by atoms with Crippen LogP contribution in [0, 0.1) is 0 Å². The molecule has 8 heteroatoms. The van der Waals surface area contributed by atoms with E-state index in [2.05, 4.69) is 10.2 Å². The summed E-state index contributed by atoms with van der Waals surface area (Å²) in [6.07, 6.45) is 2.41. The molecule has 114 valence electrons. The lowest BCUT2D eigenvalue weighted by molar-refractivity contribution is -0.127. The van der Waals surface area contributed by atoms with Crippen molar-refractivity contribution in [1.82, 2.24) is 19.7 Å². The minimum Gasteiger partial charge on any atom is -0.467 e. The molecule has 0 saturated carbocycles. The first-order valence-corrected chi connectivity index (χ1v) is 7.64. The van der Waals surface area contributed by atoms with Gasteiger partial charge in [-0.2, -0.15) is 0 Å². The number of furan rings is 1. The molecule has 0 aromatic carbocycles. The van der Waals surface area contributed by atoms with E-state index in [0.29, 0.717) is 18.2 Å². The molecule has 0 atom stereocenters. The van der Waals surface area contributed by atoms with Gasteiger partial charge in [0, 0.05) is 13.6 Å². The quantitative estimate of drug-likeness (QED) is 0.780. The molecule has 0 unspecified atom stereocenters. The summed E-state index contributed by atoms with van der Waals surface area (Å²) in [6.45, 7) is 3.00. The fourth-order valence-electron chi connectivity index (χ4n) is 1.80. The molecule has 0 spiro atoms. The van der Waals surface area contributed by atoms with Crippen LogP contribution in [0.5, 0.6) is 0 Å². The normalized spacial score (nSPS) is 10.8. The van der Waals surface area contributed by atoms with Crippen LogP contribution in [0.4, 0.5) is 0 Å². The first-order valence-electron chi connectivity index (χ1n) is 6.66. The Kier molecular flexibility index (Phi) is 5.26. The van der Waals surface area contributed by atoms with Gasteiger partial charge in [-0.15, -0.1) is 5.10 Å². The minimum absolute atomic E-state index is 0.0464. The van der Waals surface area contributed by atoms with Gasteiger partial charge >= 0.3 is 5.69 Å². The third-order valence-corrected chi connectivity index (χ3v) is 3.86. The highest BCUT2D eigenvalue weighted by Crippen LogP contribution is 2.14. The van der Waals surface area contributed by atoms with Gasteiger partial charge in [-0.3, -0.25) is 9.36 Å². The molecule has 0 aliphatic carbocycles. The lowest BCUT2D eigenvalue weighted by atomic mass is 10.4. The van der Waals surface area contributed by atoms with Crippen LogP contribution in [-0.2, 0) is 17.9 Å². The summed E-state index contributed by atoms with van der Waals surface area (Å²) in [6, 6.07) is 3.61. The zero-order valence-electron chi connectivity index (χ0n) is 12.0. The van der Waals surface area contributed by atoms with Crippen LogP contribution in [0.2, 0.25) is 0 Å². The molecule has 0 saturated heterocycles. The standard InChI is InChI=1S/C13H18N4O3S/c1-3-6-17-12(19)14-15-13(17)21-9-11(18)16(2)8-10-5-4-7-20-10/h4-5,7H,3,6,8-9H2,1-2H3,(H,14,19). The van der Waals surface area contributed by atoms with E-state index in [1.807, 2.05) is 13.0 Å². The SMILES string of the molecule is CCCn1c(SCC(=O)N(C)Cc2ccco2)n[nH]c1=O. The highest BCUT2D eigenvalue weighted by atomic mass is 32.2. The Bertz CT molecular complexity index is 632. The van der Waals surface area contributed by atoms with Crippen molar-refractivity contribution in [2.75, 3.05) is 12.8 Å². The van der Waals surface area contributed by atoms with Crippen LogP contribution in [0.1, 0.15) is 19.1 Å². The Labute approximate surface area is 126 Å². The molecule has 1 N–H and O–H groups in total. The van der Waals surface area contributed by atoms with Crippen LogP contribution >= 0.6 is 11.8 Å². The van der Waals surface area contributed by atoms with Crippen molar-refractivity contribution >= 4 is 17.7 Å². The number of nitrogens with one attached hydrogen (secondary N) is 1. The maximum absolute atomic E-state index is 12.1. The summed E-state index contributed by atoms with van der Waals surface area (Å²) in [5.41, 5.74) is -0.240. The van der Waals surface area contributed by atoms with Crippen LogP contribution in [0.25, 0.3) is 0 Å². The van der Waals surface area contributed by atoms with E-state index in [0.717, 1.165) is 12.2 Å². The molecule has 0 bridgehead atoms. The monoisotopic (exact) mass is 310 g/mol. The predicted molar refractivity (Wildman–Crippen MR) is 79.0 cm³/mol. The fourth-order valence-corrected chi connectivity index (χ4v) is 2.71. The smallest absolute Gasteiger partial charge is 0.343 e. The van der Waals surface area contributed by atoms with E-state index in [1.54, 1.807) is 28.8 Å². The zero-order chi connectivity index (χ0) is 15.2. The second-order valence-electron chi connectivity index (χ2n) is 4.58. The summed E-state index contributed by atoms with van der Waals surface area (Å²) < 4.78 is 6.75. The van der Waals surface area contributed by atoms with Crippen molar-refractivity contribution in [2.45, 2.75) is 31.6 Å². The molecular weight excluding hydrogens is 292 g/mol. The van der Waals surface area contributed by atoms with Gasteiger partial charge < -0.3 is 9.32 Å². The van der Waals surface area contributed by atoms with Crippen LogP contribution in [0.15, 0.2) is 32.8 Å². The first kappa shape index (κ1) is 15.4. The number of H-pyrrole nitrogens is 1. The summed E-state index contributed by atoms with van der Waals surface area (Å²) in [5, 5.41) is 6.89. The van der Waals surface area contributed by atoms with E-state index >= 15 is 0 Å². The van der Waals surface area contributed by atoms with E-state index in [1.165, 1.54) is 11.8 Å². The van der Waals surface area contributed by atoms with E-state index in [-0.39, 0.29) is 17.3 Å². The zero-order valence-corrected chi connectivity index (χ0v) is 12.9. The minimum atomic E-state index is -0.240. The highest BCUT2D eigenvalue weighted by Gasteiger charge is 2.14. The number of rotatable bonds is 7. The van der Waals surface area contributed by atoms with Crippen molar-refractivity contribution < 1.29 is 9.21 Å². The van der Waals surface area contributed by atoms with E-state index in [4.69, 9.17) is 4.42 Å². The summed E-state index contributed by atoms with van der Waals surface area (Å²) in [5.74, 6) is 0.916. The molecule has 0 aliphatic heterocycles. The third kappa shape index (κ3) is 4.01. The summed E-state index contributed by atoms with van der Waals surface area (Å²) in [4.78, 5) is 25.2. The second-order valence-corrected chi connectivity index (χ2v) is 5.52. The molecule has 7 nitrogen and oxygen atoms in total. The topological polar surface area (TPSA) is 84.1 Å². The number of carbonyl (C=O) groups is 1. The van der Waals surface area contributed by atoms with Crippen molar-refractivity contribution in [2.24, 2.45) is 0 Å². The van der Waals surface area contributed by atoms with Crippen molar-refractivity contribution in [1.29, 1.82) is 0 Å². The molecule has 0 fully saturated rings. The average Bonchev–Trinajstić information content (AvgIpc) is 3.08. The Morgan fingerprint density at radius 1 is 1.57 bits per heavy atom. The number of aromatic amines is 1. The highest BCUT2D eigenvalue weighted by molar-refractivity contribution is 7.99. The molecule has 21 heavy (non-hydrogen) atoms. The molecule has 0 aliphatic rings. The lowest BCUT2D eigenvalue weighted by Crippen LogP contribution is -2.27. The number of hydrogen-bond donors (Lipinski definition) is 1. The second kappa shape index (κ2) is 7.16.